The van der Waals surface area contributed by atoms with Gasteiger partial charge in [-0.2, -0.15) is 5.10 Å². The Morgan fingerprint density at radius 2 is 1.74 bits per heavy atom. The molecule has 0 aliphatic carbocycles. The number of piperidine rings is 1. The minimum Gasteiger partial charge on any atom is -0.391 e. The zero-order chi connectivity index (χ0) is 42.8. The number of pyridine rings is 1. The predicted molar refractivity (Wildman–Crippen MR) is 243 cm³/mol. The minimum atomic E-state index is -1.16. The van der Waals surface area contributed by atoms with Crippen molar-refractivity contribution in [2.45, 2.75) is 76.4 Å². The molecule has 61 heavy (non-hydrogen) atoms. The van der Waals surface area contributed by atoms with E-state index in [1.165, 1.54) is 17.8 Å². The number of alkyl halides is 1. The third kappa shape index (κ3) is 8.80. The van der Waals surface area contributed by atoms with Gasteiger partial charge in [0.25, 0.3) is 0 Å². The SMILES string of the molecule is C=CCC[C@@H](C(=C)NC)c1c(F)cc(N2CC[C@H](N3CCN(c4ccc5c(c4)N4CCCCCCc6c(cnn6C)-c6cc(cc(C)n6)C(=C)/N=C/4N5)CC3)C(F)C2)cc1F. The number of nitrogens with one attached hydrogen (secondary N) is 2. The molecule has 2 saturated heterocycles. The molecule has 13 heteroatoms. The van der Waals surface area contributed by atoms with Gasteiger partial charge in [-0.05, 0) is 87.9 Å². The van der Waals surface area contributed by atoms with E-state index in [-0.39, 0.29) is 18.2 Å². The summed E-state index contributed by atoms with van der Waals surface area (Å²) in [5.74, 6) is -1.04. The molecule has 2 aromatic heterocycles. The fourth-order valence-electron chi connectivity index (χ4n) is 9.61. The lowest BCUT2D eigenvalue weighted by Crippen LogP contribution is -2.58. The van der Waals surface area contributed by atoms with Crippen LogP contribution in [0, 0.1) is 18.6 Å². The van der Waals surface area contributed by atoms with Crippen LogP contribution in [-0.4, -0.2) is 90.7 Å². The van der Waals surface area contributed by atoms with E-state index in [2.05, 4.69) is 74.4 Å². The number of aryl methyl sites for hydroxylation is 2. The Morgan fingerprint density at radius 1 is 0.967 bits per heavy atom. The lowest BCUT2D eigenvalue weighted by atomic mass is 9.90. The van der Waals surface area contributed by atoms with E-state index < -0.39 is 23.7 Å². The van der Waals surface area contributed by atoms with Crippen LogP contribution >= 0.6 is 0 Å². The number of nitrogens with zero attached hydrogens (tertiary/aromatic N) is 8. The molecule has 0 saturated carbocycles. The fourth-order valence-corrected chi connectivity index (χ4v) is 9.61. The molecule has 0 radical (unpaired) electrons. The van der Waals surface area contributed by atoms with Crippen molar-refractivity contribution in [2.24, 2.45) is 12.0 Å². The number of likely N-dealkylation sites (N-methyl/N-ethyl adjacent to an activating group) is 1. The molecule has 4 aliphatic heterocycles. The van der Waals surface area contributed by atoms with Crippen LogP contribution in [0.1, 0.15) is 73.4 Å². The highest BCUT2D eigenvalue weighted by Crippen LogP contribution is 2.39. The highest BCUT2D eigenvalue weighted by atomic mass is 19.1. The first-order valence-electron chi connectivity index (χ1n) is 21.8. The summed E-state index contributed by atoms with van der Waals surface area (Å²) in [5.41, 5.74) is 9.78. The normalized spacial score (nSPS) is 21.2. The predicted octanol–water partition coefficient (Wildman–Crippen LogP) is 8.97. The summed E-state index contributed by atoms with van der Waals surface area (Å²) in [7, 11) is 3.70. The number of fused-ring (bicyclic) bond motifs is 7. The highest BCUT2D eigenvalue weighted by molar-refractivity contribution is 6.16. The van der Waals surface area contributed by atoms with Gasteiger partial charge >= 0.3 is 0 Å². The van der Waals surface area contributed by atoms with Crippen molar-refractivity contribution >= 4 is 34.4 Å². The largest absolute Gasteiger partial charge is 0.391 e. The zero-order valence-electron chi connectivity index (χ0n) is 35.9. The Balaban J connectivity index is 0.929. The van der Waals surface area contributed by atoms with Crippen molar-refractivity contribution in [3.63, 3.8) is 0 Å². The maximum atomic E-state index is 16.0. The maximum absolute atomic E-state index is 16.0. The first-order valence-corrected chi connectivity index (χ1v) is 21.8. The molecule has 2 N–H and O–H groups in total. The van der Waals surface area contributed by atoms with E-state index >= 15 is 13.2 Å². The first kappa shape index (κ1) is 42.1. The van der Waals surface area contributed by atoms with Crippen molar-refractivity contribution in [3.05, 3.63) is 114 Å². The topological polar surface area (TPSA) is 80.1 Å². The molecular weight excluding hydrogens is 774 g/mol. The molecule has 0 spiro atoms. The molecule has 2 aromatic carbocycles. The second kappa shape index (κ2) is 18.2. The van der Waals surface area contributed by atoms with Crippen LogP contribution in [0.3, 0.4) is 0 Å². The Hall–Kier alpha value is -5.56. The van der Waals surface area contributed by atoms with Crippen LogP contribution in [0.5, 0.6) is 0 Å². The summed E-state index contributed by atoms with van der Waals surface area (Å²) in [6, 6.07) is 13.1. The van der Waals surface area contributed by atoms with Crippen molar-refractivity contribution < 1.29 is 13.2 Å². The molecule has 1 unspecified atom stereocenters. The molecule has 4 aromatic rings. The first-order chi connectivity index (χ1) is 29.5. The second-order valence-corrected chi connectivity index (χ2v) is 16.9. The number of benzene rings is 2. The average Bonchev–Trinajstić information content (AvgIpc) is 3.80. The summed E-state index contributed by atoms with van der Waals surface area (Å²) in [4.78, 5) is 18.7. The van der Waals surface area contributed by atoms with Gasteiger partial charge in [0.1, 0.15) is 17.8 Å². The summed E-state index contributed by atoms with van der Waals surface area (Å²) in [6.07, 6.45) is 9.39. The second-order valence-electron chi connectivity index (χ2n) is 16.9. The van der Waals surface area contributed by atoms with Crippen molar-refractivity contribution in [1.82, 2.24) is 25.0 Å². The van der Waals surface area contributed by atoms with E-state index in [4.69, 9.17) is 9.98 Å². The van der Waals surface area contributed by atoms with Gasteiger partial charge in [-0.3, -0.25) is 14.6 Å². The molecule has 4 aliphatic rings. The molecule has 8 rings (SSSR count). The molecule has 2 bridgehead atoms. The molecule has 10 nitrogen and oxygen atoms in total. The van der Waals surface area contributed by atoms with Crippen molar-refractivity contribution in [2.75, 3.05) is 72.9 Å². The van der Waals surface area contributed by atoms with Gasteiger partial charge in [0.05, 0.1) is 35.5 Å². The number of piperazine rings is 1. The standard InChI is InChI=1S/C48H59F3N10/c1-7-8-13-37(33(4)52-5)47-39(49)26-36(27-40(47)50)60-19-17-45(41(51)30-60)59-22-20-58(21-23-59)35-15-16-42-46(28-35)61-18-12-10-9-11-14-44-38(29-53-57(44)6)43-25-34(24-31(2)54-43)32(3)55-48(61)56-42/h7,15-16,24-29,37,41,45,52H,1,3-4,8-14,17-23,30H2,2,5-6H3,(H,55,56)/t37-,41?,45-/m0/s1. The Labute approximate surface area is 358 Å². The molecule has 0 amide bonds. The van der Waals surface area contributed by atoms with Crippen LogP contribution in [0.2, 0.25) is 0 Å². The van der Waals surface area contributed by atoms with Crippen LogP contribution < -0.4 is 25.3 Å². The minimum absolute atomic E-state index is 0.0119. The molecule has 322 valence electrons. The van der Waals surface area contributed by atoms with E-state index in [0.29, 0.717) is 42.9 Å². The number of aliphatic imine (C=N–C) groups is 1. The summed E-state index contributed by atoms with van der Waals surface area (Å²) < 4.78 is 49.2. The Bertz CT molecular complexity index is 2290. The van der Waals surface area contributed by atoms with Crippen LogP contribution in [0.25, 0.3) is 17.0 Å². The number of allylic oxidation sites excluding steroid dienone is 2. The van der Waals surface area contributed by atoms with Gasteiger partial charge in [0, 0.05) is 110 Å². The number of anilines is 4. The quantitative estimate of drug-likeness (QED) is 0.162. The zero-order valence-corrected chi connectivity index (χ0v) is 35.9. The van der Waals surface area contributed by atoms with E-state index in [1.807, 2.05) is 30.9 Å². The lowest BCUT2D eigenvalue weighted by Gasteiger charge is -2.45. The third-order valence-electron chi connectivity index (χ3n) is 13.0. The average molecular weight is 833 g/mol. The number of rotatable bonds is 9. The van der Waals surface area contributed by atoms with Crippen LogP contribution in [0.15, 0.2) is 85.2 Å². The van der Waals surface area contributed by atoms with Crippen molar-refractivity contribution in [1.29, 1.82) is 0 Å². The number of hydrogen-bond donors (Lipinski definition) is 2. The third-order valence-corrected chi connectivity index (χ3v) is 13.0. The Morgan fingerprint density at radius 3 is 2.48 bits per heavy atom. The van der Waals surface area contributed by atoms with Gasteiger partial charge in [-0.15, -0.1) is 6.58 Å². The summed E-state index contributed by atoms with van der Waals surface area (Å²) >= 11 is 0. The van der Waals surface area contributed by atoms with Gasteiger partial charge in [0.2, 0.25) is 5.96 Å². The monoisotopic (exact) mass is 832 g/mol. The molecule has 6 heterocycles. The number of halogens is 3. The van der Waals surface area contributed by atoms with Crippen molar-refractivity contribution in [3.8, 4) is 11.3 Å². The van der Waals surface area contributed by atoms with E-state index in [0.717, 1.165) is 110 Å². The lowest BCUT2D eigenvalue weighted by molar-refractivity contribution is 0.0877. The van der Waals surface area contributed by atoms with E-state index in [1.54, 1.807) is 18.0 Å². The Kier molecular flexibility index (Phi) is 12.6. The fraction of sp³-hybridized carbons (Fsp3) is 0.438. The number of guanidine groups is 1. The van der Waals surface area contributed by atoms with Crippen LogP contribution in [-0.2, 0) is 13.5 Å². The molecule has 2 fully saturated rings. The molecule has 3 atom stereocenters. The molecular formula is C48H59F3N10. The summed E-state index contributed by atoms with van der Waals surface area (Å²) in [5, 5.41) is 11.1. The van der Waals surface area contributed by atoms with Gasteiger partial charge < -0.3 is 25.3 Å². The van der Waals surface area contributed by atoms with E-state index in [9.17, 15) is 0 Å². The van der Waals surface area contributed by atoms with Crippen LogP contribution in [0.4, 0.5) is 35.9 Å². The van der Waals surface area contributed by atoms with Gasteiger partial charge in [-0.25, -0.2) is 18.2 Å². The van der Waals surface area contributed by atoms with Gasteiger partial charge in [-0.1, -0.05) is 32.1 Å². The maximum Gasteiger partial charge on any atom is 0.208 e. The number of hydrogen-bond acceptors (Lipinski definition) is 9. The highest BCUT2D eigenvalue weighted by Gasteiger charge is 2.36. The number of aromatic nitrogens is 3. The summed E-state index contributed by atoms with van der Waals surface area (Å²) in [6.45, 7) is 18.6. The smallest absolute Gasteiger partial charge is 0.208 e. The van der Waals surface area contributed by atoms with Gasteiger partial charge in [0.15, 0.2) is 0 Å².